The van der Waals surface area contributed by atoms with E-state index in [0.29, 0.717) is 18.9 Å². The van der Waals surface area contributed by atoms with Crippen molar-refractivity contribution in [3.63, 3.8) is 0 Å². The number of hydrogen-bond donors (Lipinski definition) is 0. The van der Waals surface area contributed by atoms with Gasteiger partial charge in [0.1, 0.15) is 0 Å². The summed E-state index contributed by atoms with van der Waals surface area (Å²) < 4.78 is 5.41. The molecular weight excluding hydrogens is 340 g/mol. The van der Waals surface area contributed by atoms with Crippen LogP contribution in [0.4, 0.5) is 5.69 Å². The van der Waals surface area contributed by atoms with E-state index >= 15 is 0 Å². The number of ether oxygens (including phenoxy) is 1. The molecule has 2 amide bonds. The average molecular weight is 373 g/mol. The van der Waals surface area contributed by atoms with E-state index in [1.165, 1.54) is 5.56 Å². The number of benzene rings is 1. The number of anilines is 1. The van der Waals surface area contributed by atoms with Crippen LogP contribution in [0.15, 0.2) is 18.2 Å². The van der Waals surface area contributed by atoms with Crippen LogP contribution in [0.5, 0.6) is 0 Å². The molecule has 5 heteroatoms. The maximum Gasteiger partial charge on any atom is 0.227 e. The van der Waals surface area contributed by atoms with Crippen LogP contribution in [-0.2, 0) is 20.7 Å². The lowest BCUT2D eigenvalue weighted by Gasteiger charge is -2.26. The molecule has 0 bridgehead atoms. The molecule has 2 aliphatic rings. The Balaban J connectivity index is 1.62. The first-order chi connectivity index (χ1) is 13.0. The summed E-state index contributed by atoms with van der Waals surface area (Å²) >= 11 is 0. The van der Waals surface area contributed by atoms with E-state index in [2.05, 4.69) is 13.0 Å². The molecule has 2 saturated heterocycles. The van der Waals surface area contributed by atoms with Gasteiger partial charge in [0.25, 0.3) is 0 Å². The van der Waals surface area contributed by atoms with Gasteiger partial charge in [-0.15, -0.1) is 0 Å². The van der Waals surface area contributed by atoms with Crippen LogP contribution in [0.25, 0.3) is 0 Å². The molecule has 0 aliphatic carbocycles. The fourth-order valence-electron chi connectivity index (χ4n) is 4.31. The van der Waals surface area contributed by atoms with E-state index in [-0.39, 0.29) is 17.7 Å². The van der Waals surface area contributed by atoms with Gasteiger partial charge in [-0.3, -0.25) is 9.59 Å². The van der Waals surface area contributed by atoms with Crippen molar-refractivity contribution in [2.75, 3.05) is 38.3 Å². The zero-order valence-corrected chi connectivity index (χ0v) is 16.9. The first-order valence-electron chi connectivity index (χ1n) is 10.2. The first-order valence-corrected chi connectivity index (χ1v) is 10.2. The predicted molar refractivity (Wildman–Crippen MR) is 107 cm³/mol. The maximum atomic E-state index is 12.9. The minimum atomic E-state index is -0.235. The summed E-state index contributed by atoms with van der Waals surface area (Å²) in [6, 6.07) is 6.15. The van der Waals surface area contributed by atoms with Crippen molar-refractivity contribution in [2.45, 2.75) is 46.0 Å². The molecule has 27 heavy (non-hydrogen) atoms. The van der Waals surface area contributed by atoms with Crippen LogP contribution in [0.3, 0.4) is 0 Å². The number of aryl methyl sites for hydroxylation is 2. The summed E-state index contributed by atoms with van der Waals surface area (Å²) in [5.74, 6) is 0.580. The summed E-state index contributed by atoms with van der Waals surface area (Å²) in [6.07, 6.45) is 4.39. The third-order valence-corrected chi connectivity index (χ3v) is 6.04. The second-order valence-corrected chi connectivity index (χ2v) is 7.95. The van der Waals surface area contributed by atoms with Crippen molar-refractivity contribution in [3.8, 4) is 0 Å². The third-order valence-electron chi connectivity index (χ3n) is 6.04. The van der Waals surface area contributed by atoms with Crippen LogP contribution >= 0.6 is 0 Å². The van der Waals surface area contributed by atoms with Gasteiger partial charge in [-0.2, -0.15) is 0 Å². The lowest BCUT2D eigenvalue weighted by molar-refractivity contribution is -0.134. The average Bonchev–Trinajstić information content (AvgIpc) is 3.07. The smallest absolute Gasteiger partial charge is 0.227 e. The number of hydrogen-bond acceptors (Lipinski definition) is 3. The molecule has 1 atom stereocenters. The Hall–Kier alpha value is -1.88. The quantitative estimate of drug-likeness (QED) is 0.771. The van der Waals surface area contributed by atoms with Gasteiger partial charge in [-0.1, -0.05) is 25.1 Å². The zero-order valence-electron chi connectivity index (χ0n) is 16.9. The van der Waals surface area contributed by atoms with Crippen molar-refractivity contribution in [2.24, 2.45) is 11.8 Å². The SMILES string of the molecule is CCc1cccc(C)c1N1C[C@H](C(=O)N(C)CCC2CCOCC2)CC1=O. The van der Waals surface area contributed by atoms with Gasteiger partial charge in [0.2, 0.25) is 11.8 Å². The standard InChI is InChI=1S/C22H32N2O3/c1-4-18-7-5-6-16(2)21(18)24-15-19(14-20(24)25)22(26)23(3)11-8-17-9-12-27-13-10-17/h5-7,17,19H,4,8-15H2,1-3H3/t19-/m1/s1. The number of carbonyl (C=O) groups excluding carboxylic acids is 2. The van der Waals surface area contributed by atoms with Crippen molar-refractivity contribution in [1.29, 1.82) is 0 Å². The Bertz CT molecular complexity index is 682. The monoisotopic (exact) mass is 372 g/mol. The van der Waals surface area contributed by atoms with E-state index in [1.807, 2.05) is 35.9 Å². The number of carbonyl (C=O) groups is 2. The molecule has 5 nitrogen and oxygen atoms in total. The highest BCUT2D eigenvalue weighted by molar-refractivity contribution is 6.01. The largest absolute Gasteiger partial charge is 0.381 e. The molecule has 0 unspecified atom stereocenters. The van der Waals surface area contributed by atoms with E-state index < -0.39 is 0 Å². The van der Waals surface area contributed by atoms with Gasteiger partial charge in [-0.25, -0.2) is 0 Å². The zero-order chi connectivity index (χ0) is 19.4. The molecule has 0 spiro atoms. The summed E-state index contributed by atoms with van der Waals surface area (Å²) in [7, 11) is 1.88. The molecule has 0 N–H and O–H groups in total. The molecular formula is C22H32N2O3. The normalized spacial score (nSPS) is 20.9. The molecule has 2 aliphatic heterocycles. The summed E-state index contributed by atoms with van der Waals surface area (Å²) in [6.45, 7) is 7.08. The molecule has 0 aromatic heterocycles. The lowest BCUT2D eigenvalue weighted by Crippen LogP contribution is -2.36. The second kappa shape index (κ2) is 8.87. The lowest BCUT2D eigenvalue weighted by atomic mass is 9.96. The van der Waals surface area contributed by atoms with Crippen molar-refractivity contribution >= 4 is 17.5 Å². The molecule has 2 fully saturated rings. The van der Waals surface area contributed by atoms with E-state index in [1.54, 1.807) is 0 Å². The summed E-state index contributed by atoms with van der Waals surface area (Å²) in [5, 5.41) is 0. The Labute approximate surface area is 162 Å². The Morgan fingerprint density at radius 1 is 1.30 bits per heavy atom. The van der Waals surface area contributed by atoms with Crippen LogP contribution < -0.4 is 4.90 Å². The predicted octanol–water partition coefficient (Wildman–Crippen LogP) is 3.19. The number of rotatable bonds is 6. The second-order valence-electron chi connectivity index (χ2n) is 7.95. The van der Waals surface area contributed by atoms with E-state index in [0.717, 1.165) is 56.7 Å². The van der Waals surface area contributed by atoms with Crippen LogP contribution in [0.2, 0.25) is 0 Å². The van der Waals surface area contributed by atoms with Gasteiger partial charge < -0.3 is 14.5 Å². The molecule has 0 saturated carbocycles. The minimum Gasteiger partial charge on any atom is -0.381 e. The fourth-order valence-corrected chi connectivity index (χ4v) is 4.31. The molecule has 1 aromatic rings. The number of amides is 2. The molecule has 2 heterocycles. The van der Waals surface area contributed by atoms with Gasteiger partial charge >= 0.3 is 0 Å². The topological polar surface area (TPSA) is 49.9 Å². The molecule has 3 rings (SSSR count). The maximum absolute atomic E-state index is 12.9. The molecule has 0 radical (unpaired) electrons. The van der Waals surface area contributed by atoms with Gasteiger partial charge in [-0.05, 0) is 49.7 Å². The van der Waals surface area contributed by atoms with Crippen LogP contribution in [0.1, 0.15) is 43.7 Å². The van der Waals surface area contributed by atoms with Crippen molar-refractivity contribution in [1.82, 2.24) is 4.90 Å². The van der Waals surface area contributed by atoms with Crippen LogP contribution in [-0.4, -0.2) is 50.1 Å². The van der Waals surface area contributed by atoms with Crippen molar-refractivity contribution in [3.05, 3.63) is 29.3 Å². The molecule has 1 aromatic carbocycles. The third kappa shape index (κ3) is 4.52. The number of nitrogens with zero attached hydrogens (tertiary/aromatic N) is 2. The Morgan fingerprint density at radius 3 is 2.74 bits per heavy atom. The Morgan fingerprint density at radius 2 is 2.04 bits per heavy atom. The fraction of sp³-hybridized carbons (Fsp3) is 0.636. The van der Waals surface area contributed by atoms with Gasteiger partial charge in [0.15, 0.2) is 0 Å². The highest BCUT2D eigenvalue weighted by atomic mass is 16.5. The van der Waals surface area contributed by atoms with E-state index in [4.69, 9.17) is 4.74 Å². The van der Waals surface area contributed by atoms with Gasteiger partial charge in [0.05, 0.1) is 5.92 Å². The molecule has 148 valence electrons. The Kier molecular flexibility index (Phi) is 6.53. The van der Waals surface area contributed by atoms with Crippen LogP contribution in [0, 0.1) is 18.8 Å². The van der Waals surface area contributed by atoms with E-state index in [9.17, 15) is 9.59 Å². The highest BCUT2D eigenvalue weighted by Crippen LogP contribution is 2.32. The number of para-hydroxylation sites is 1. The van der Waals surface area contributed by atoms with Gasteiger partial charge in [0, 0.05) is 45.5 Å². The summed E-state index contributed by atoms with van der Waals surface area (Å²) in [4.78, 5) is 29.2. The first kappa shape index (κ1) is 19.9. The minimum absolute atomic E-state index is 0.0650. The van der Waals surface area contributed by atoms with Crippen molar-refractivity contribution < 1.29 is 14.3 Å². The highest BCUT2D eigenvalue weighted by Gasteiger charge is 2.37. The summed E-state index contributed by atoms with van der Waals surface area (Å²) in [5.41, 5.74) is 3.28.